The number of aromatic nitrogens is 1. The Kier molecular flexibility index (Phi) is 5.36. The Bertz CT molecular complexity index is 722. The molecule has 0 aliphatic carbocycles. The Labute approximate surface area is 136 Å². The largest absolute Gasteiger partial charge is 0.493 e. The van der Waals surface area contributed by atoms with Crippen LogP contribution in [0.3, 0.4) is 0 Å². The lowest BCUT2D eigenvalue weighted by atomic mass is 10.1. The lowest BCUT2D eigenvalue weighted by Gasteiger charge is -2.13. The number of amides is 1. The number of allylic oxidation sites excluding steroid dienone is 1. The standard InChI is InChI=1S/C18H20N2O3/c1-5-6-13-9-14(10-15(22-3)17(13)23-4)18(21)20-16-8-7-12(2)11-19-16/h5-11H,1-4H3,(H,19,20,21)/b6-5+. The van der Waals surface area contributed by atoms with E-state index in [1.54, 1.807) is 38.6 Å². The van der Waals surface area contributed by atoms with Gasteiger partial charge in [0.1, 0.15) is 5.82 Å². The van der Waals surface area contributed by atoms with Crippen molar-refractivity contribution in [1.82, 2.24) is 4.98 Å². The van der Waals surface area contributed by atoms with Gasteiger partial charge in [-0.25, -0.2) is 4.98 Å². The maximum absolute atomic E-state index is 12.5. The van der Waals surface area contributed by atoms with Gasteiger partial charge in [0.05, 0.1) is 14.2 Å². The summed E-state index contributed by atoms with van der Waals surface area (Å²) in [6.07, 6.45) is 5.44. The number of methoxy groups -OCH3 is 2. The van der Waals surface area contributed by atoms with Crippen LogP contribution in [0.15, 0.2) is 36.5 Å². The van der Waals surface area contributed by atoms with Crippen molar-refractivity contribution < 1.29 is 14.3 Å². The first kappa shape index (κ1) is 16.5. The average Bonchev–Trinajstić information content (AvgIpc) is 2.56. The van der Waals surface area contributed by atoms with Crippen LogP contribution in [-0.2, 0) is 0 Å². The van der Waals surface area contributed by atoms with E-state index >= 15 is 0 Å². The van der Waals surface area contributed by atoms with Crippen molar-refractivity contribution >= 4 is 17.8 Å². The number of hydrogen-bond donors (Lipinski definition) is 1. The molecule has 0 fully saturated rings. The summed E-state index contributed by atoms with van der Waals surface area (Å²) < 4.78 is 10.7. The van der Waals surface area contributed by atoms with E-state index < -0.39 is 0 Å². The highest BCUT2D eigenvalue weighted by atomic mass is 16.5. The first-order valence-corrected chi connectivity index (χ1v) is 7.21. The van der Waals surface area contributed by atoms with Crippen LogP contribution in [0.5, 0.6) is 11.5 Å². The molecule has 0 unspecified atom stereocenters. The Morgan fingerprint density at radius 2 is 2.00 bits per heavy atom. The normalized spacial score (nSPS) is 10.6. The number of carbonyl (C=O) groups excluding carboxylic acids is 1. The maximum atomic E-state index is 12.5. The minimum atomic E-state index is -0.256. The molecule has 0 saturated heterocycles. The van der Waals surface area contributed by atoms with Crippen LogP contribution in [0.4, 0.5) is 5.82 Å². The molecule has 1 heterocycles. The predicted molar refractivity (Wildman–Crippen MR) is 91.2 cm³/mol. The smallest absolute Gasteiger partial charge is 0.256 e. The van der Waals surface area contributed by atoms with Gasteiger partial charge in [-0.1, -0.05) is 18.2 Å². The SMILES string of the molecule is C/C=C/c1cc(C(=O)Nc2ccc(C)cn2)cc(OC)c1OC. The lowest BCUT2D eigenvalue weighted by molar-refractivity contribution is 0.102. The summed E-state index contributed by atoms with van der Waals surface area (Å²) in [4.78, 5) is 16.6. The third-order valence-corrected chi connectivity index (χ3v) is 3.27. The molecule has 2 aromatic rings. The van der Waals surface area contributed by atoms with Gasteiger partial charge in [-0.3, -0.25) is 4.79 Å². The van der Waals surface area contributed by atoms with E-state index in [4.69, 9.17) is 9.47 Å². The summed E-state index contributed by atoms with van der Waals surface area (Å²) in [6.45, 7) is 3.84. The van der Waals surface area contributed by atoms with Crippen molar-refractivity contribution in [3.63, 3.8) is 0 Å². The van der Waals surface area contributed by atoms with Crippen molar-refractivity contribution in [2.45, 2.75) is 13.8 Å². The fourth-order valence-electron chi connectivity index (χ4n) is 2.16. The number of ether oxygens (including phenoxy) is 2. The van der Waals surface area contributed by atoms with E-state index in [-0.39, 0.29) is 5.91 Å². The molecule has 120 valence electrons. The molecular formula is C18H20N2O3. The van der Waals surface area contributed by atoms with Gasteiger partial charge in [-0.15, -0.1) is 0 Å². The molecule has 0 bridgehead atoms. The molecule has 0 aliphatic heterocycles. The van der Waals surface area contributed by atoms with Crippen molar-refractivity contribution in [1.29, 1.82) is 0 Å². The molecule has 5 heteroatoms. The van der Waals surface area contributed by atoms with E-state index in [9.17, 15) is 4.79 Å². The van der Waals surface area contributed by atoms with Crippen LogP contribution in [-0.4, -0.2) is 25.1 Å². The summed E-state index contributed by atoms with van der Waals surface area (Å²) in [5, 5.41) is 2.77. The Morgan fingerprint density at radius 1 is 1.22 bits per heavy atom. The number of rotatable bonds is 5. The van der Waals surface area contributed by atoms with E-state index in [1.165, 1.54) is 0 Å². The van der Waals surface area contributed by atoms with Crippen LogP contribution in [0.2, 0.25) is 0 Å². The quantitative estimate of drug-likeness (QED) is 0.914. The summed E-state index contributed by atoms with van der Waals surface area (Å²) >= 11 is 0. The molecule has 0 atom stereocenters. The minimum absolute atomic E-state index is 0.256. The Balaban J connectivity index is 2.36. The lowest BCUT2D eigenvalue weighted by Crippen LogP contribution is -2.13. The molecule has 0 aliphatic rings. The fourth-order valence-corrected chi connectivity index (χ4v) is 2.16. The van der Waals surface area contributed by atoms with Crippen LogP contribution < -0.4 is 14.8 Å². The monoisotopic (exact) mass is 312 g/mol. The number of nitrogens with one attached hydrogen (secondary N) is 1. The minimum Gasteiger partial charge on any atom is -0.493 e. The predicted octanol–water partition coefficient (Wildman–Crippen LogP) is 3.69. The van der Waals surface area contributed by atoms with E-state index in [2.05, 4.69) is 10.3 Å². The average molecular weight is 312 g/mol. The molecule has 23 heavy (non-hydrogen) atoms. The zero-order chi connectivity index (χ0) is 16.8. The molecule has 0 saturated carbocycles. The third-order valence-electron chi connectivity index (χ3n) is 3.27. The molecular weight excluding hydrogens is 292 g/mol. The zero-order valence-corrected chi connectivity index (χ0v) is 13.7. The third kappa shape index (κ3) is 3.88. The summed E-state index contributed by atoms with van der Waals surface area (Å²) in [5.74, 6) is 1.34. The second-order valence-corrected chi connectivity index (χ2v) is 4.98. The van der Waals surface area contributed by atoms with Crippen molar-refractivity contribution in [3.05, 3.63) is 53.2 Å². The van der Waals surface area contributed by atoms with Gasteiger partial charge in [0.15, 0.2) is 11.5 Å². The summed E-state index contributed by atoms with van der Waals surface area (Å²) in [5.41, 5.74) is 2.28. The van der Waals surface area contributed by atoms with Gasteiger partial charge in [0.25, 0.3) is 5.91 Å². The number of hydrogen-bond acceptors (Lipinski definition) is 4. The van der Waals surface area contributed by atoms with Crippen molar-refractivity contribution in [2.24, 2.45) is 0 Å². The number of carbonyl (C=O) groups is 1. The van der Waals surface area contributed by atoms with Gasteiger partial charge in [-0.2, -0.15) is 0 Å². The summed E-state index contributed by atoms with van der Waals surface area (Å²) in [6, 6.07) is 7.06. The Morgan fingerprint density at radius 3 is 2.57 bits per heavy atom. The van der Waals surface area contributed by atoms with Crippen molar-refractivity contribution in [2.75, 3.05) is 19.5 Å². The first-order chi connectivity index (χ1) is 11.1. The van der Waals surface area contributed by atoms with E-state index in [0.29, 0.717) is 22.9 Å². The number of nitrogens with zero attached hydrogens (tertiary/aromatic N) is 1. The zero-order valence-electron chi connectivity index (χ0n) is 13.7. The number of aryl methyl sites for hydroxylation is 1. The van der Waals surface area contributed by atoms with Gasteiger partial charge in [0, 0.05) is 17.3 Å². The maximum Gasteiger partial charge on any atom is 0.256 e. The van der Waals surface area contributed by atoms with E-state index in [1.807, 2.05) is 32.1 Å². The highest BCUT2D eigenvalue weighted by Crippen LogP contribution is 2.33. The number of pyridine rings is 1. The second-order valence-electron chi connectivity index (χ2n) is 4.98. The topological polar surface area (TPSA) is 60.5 Å². The molecule has 5 nitrogen and oxygen atoms in total. The van der Waals surface area contributed by atoms with Crippen LogP contribution >= 0.6 is 0 Å². The molecule has 1 amide bonds. The molecule has 1 aromatic carbocycles. The van der Waals surface area contributed by atoms with E-state index in [0.717, 1.165) is 11.1 Å². The molecule has 2 rings (SSSR count). The second kappa shape index (κ2) is 7.45. The van der Waals surface area contributed by atoms with Gasteiger partial charge < -0.3 is 14.8 Å². The van der Waals surface area contributed by atoms with Crippen LogP contribution in [0.1, 0.15) is 28.4 Å². The summed E-state index contributed by atoms with van der Waals surface area (Å²) in [7, 11) is 3.11. The van der Waals surface area contributed by atoms with Crippen LogP contribution in [0.25, 0.3) is 6.08 Å². The molecule has 1 aromatic heterocycles. The Hall–Kier alpha value is -2.82. The fraction of sp³-hybridized carbons (Fsp3) is 0.222. The van der Waals surface area contributed by atoms with Crippen LogP contribution in [0, 0.1) is 6.92 Å². The highest BCUT2D eigenvalue weighted by Gasteiger charge is 2.15. The highest BCUT2D eigenvalue weighted by molar-refractivity contribution is 6.04. The van der Waals surface area contributed by atoms with Crippen molar-refractivity contribution in [3.8, 4) is 11.5 Å². The molecule has 1 N–H and O–H groups in total. The molecule has 0 spiro atoms. The molecule has 0 radical (unpaired) electrons. The number of benzene rings is 1. The number of anilines is 1. The van der Waals surface area contributed by atoms with Gasteiger partial charge in [-0.05, 0) is 37.6 Å². The van der Waals surface area contributed by atoms with Gasteiger partial charge in [0.2, 0.25) is 0 Å². The first-order valence-electron chi connectivity index (χ1n) is 7.21. The van der Waals surface area contributed by atoms with Gasteiger partial charge >= 0.3 is 0 Å².